The summed E-state index contributed by atoms with van der Waals surface area (Å²) in [6, 6.07) is 3.81. The molecule has 2 heterocycles. The Labute approximate surface area is 187 Å². The van der Waals surface area contributed by atoms with E-state index in [1.54, 1.807) is 6.20 Å². The molecular formula is C21H32ClN3O4S. The maximum Gasteiger partial charge on any atom is 0.407 e. The Morgan fingerprint density at radius 2 is 2.20 bits per heavy atom. The third kappa shape index (κ3) is 8.41. The Balaban J connectivity index is 1.81. The fourth-order valence-corrected chi connectivity index (χ4v) is 3.98. The number of carboxylic acid groups (broad SMARTS) is 1. The van der Waals surface area contributed by atoms with Crippen molar-refractivity contribution in [1.29, 1.82) is 0 Å². The van der Waals surface area contributed by atoms with E-state index in [1.165, 1.54) is 4.90 Å². The first kappa shape index (κ1) is 24.9. The van der Waals surface area contributed by atoms with Crippen LogP contribution in [-0.4, -0.2) is 61.9 Å². The minimum atomic E-state index is -1.30. The van der Waals surface area contributed by atoms with Crippen LogP contribution in [-0.2, 0) is 22.5 Å². The van der Waals surface area contributed by atoms with Gasteiger partial charge in [-0.15, -0.1) is 0 Å². The van der Waals surface area contributed by atoms with Crippen LogP contribution in [0.4, 0.5) is 4.79 Å². The highest BCUT2D eigenvalue weighted by molar-refractivity contribution is 7.91. The number of aromatic nitrogens is 1. The number of hydrogen-bond donors (Lipinski definition) is 1. The van der Waals surface area contributed by atoms with Crippen molar-refractivity contribution in [1.82, 2.24) is 9.88 Å². The fraction of sp³-hybridized carbons (Fsp3) is 0.667. The molecule has 0 bridgehead atoms. The molecule has 0 radical (unpaired) electrons. The summed E-state index contributed by atoms with van der Waals surface area (Å²) < 4.78 is 22.4. The van der Waals surface area contributed by atoms with Crippen LogP contribution in [0.15, 0.2) is 22.7 Å². The zero-order valence-electron chi connectivity index (χ0n) is 18.0. The first-order valence-electron chi connectivity index (χ1n) is 10.3. The van der Waals surface area contributed by atoms with Crippen molar-refractivity contribution >= 4 is 34.8 Å². The highest BCUT2D eigenvalue weighted by Crippen LogP contribution is 2.21. The van der Waals surface area contributed by atoms with E-state index < -0.39 is 22.2 Å². The third-order valence-corrected chi connectivity index (χ3v) is 6.70. The number of halogens is 1. The standard InChI is InChI=1S/C21H32ClN3O4S/c1-21(2,3)30(28)24-17(10-9-16-7-6-12-23-19(16)22)8-4-5-14-29-18-11-13-25(15-18)20(26)27/h6-7,12,18H,4-5,8-11,13-15H2,1-3H3,(H,26,27). The molecule has 2 atom stereocenters. The zero-order chi connectivity index (χ0) is 22.1. The Hall–Kier alpha value is -1.35. The molecule has 0 aliphatic carbocycles. The predicted octanol–water partition coefficient (Wildman–Crippen LogP) is 4.51. The molecule has 2 rings (SSSR count). The smallest absolute Gasteiger partial charge is 0.407 e. The van der Waals surface area contributed by atoms with Crippen molar-refractivity contribution in [3.63, 3.8) is 0 Å². The molecule has 7 nitrogen and oxygen atoms in total. The molecule has 1 aromatic heterocycles. The van der Waals surface area contributed by atoms with Crippen molar-refractivity contribution in [2.24, 2.45) is 4.40 Å². The normalized spacial score (nSPS) is 18.6. The van der Waals surface area contributed by atoms with E-state index in [4.69, 9.17) is 21.4 Å². The Bertz CT molecular complexity index is 726. The van der Waals surface area contributed by atoms with E-state index in [1.807, 2.05) is 32.9 Å². The molecule has 1 aliphatic heterocycles. The fourth-order valence-electron chi connectivity index (χ4n) is 3.07. The molecule has 1 amide bonds. The van der Waals surface area contributed by atoms with Crippen LogP contribution in [0.1, 0.15) is 58.4 Å². The molecule has 0 saturated carbocycles. The van der Waals surface area contributed by atoms with E-state index in [-0.39, 0.29) is 6.10 Å². The topological polar surface area (TPSA) is 98.1 Å². The number of rotatable bonds is 10. The summed E-state index contributed by atoms with van der Waals surface area (Å²) in [7, 11) is 0. The first-order valence-corrected chi connectivity index (χ1v) is 11.8. The number of pyridine rings is 1. The lowest BCUT2D eigenvalue weighted by molar-refractivity contribution is 0.0565. The number of ether oxygens (including phenoxy) is 1. The van der Waals surface area contributed by atoms with E-state index in [9.17, 15) is 9.35 Å². The Kier molecular flexibility index (Phi) is 9.87. The monoisotopic (exact) mass is 457 g/mol. The number of amides is 1. The molecular weight excluding hydrogens is 426 g/mol. The summed E-state index contributed by atoms with van der Waals surface area (Å²) in [4.78, 5) is 16.5. The first-order chi connectivity index (χ1) is 14.2. The van der Waals surface area contributed by atoms with Crippen molar-refractivity contribution < 1.29 is 19.2 Å². The van der Waals surface area contributed by atoms with Gasteiger partial charge in [0.1, 0.15) is 21.3 Å². The summed E-state index contributed by atoms with van der Waals surface area (Å²) in [5, 5.41) is 9.50. The van der Waals surface area contributed by atoms with Gasteiger partial charge in [0.05, 0.1) is 18.4 Å². The molecule has 1 N–H and O–H groups in total. The zero-order valence-corrected chi connectivity index (χ0v) is 19.5. The van der Waals surface area contributed by atoms with Gasteiger partial charge >= 0.3 is 6.09 Å². The van der Waals surface area contributed by atoms with Gasteiger partial charge in [0.25, 0.3) is 0 Å². The van der Waals surface area contributed by atoms with Crippen LogP contribution < -0.4 is 0 Å². The van der Waals surface area contributed by atoms with Gasteiger partial charge in [-0.1, -0.05) is 22.1 Å². The van der Waals surface area contributed by atoms with Gasteiger partial charge in [-0.05, 0) is 70.9 Å². The van der Waals surface area contributed by atoms with Crippen LogP contribution >= 0.6 is 11.6 Å². The van der Waals surface area contributed by atoms with E-state index in [0.717, 1.165) is 37.0 Å². The maximum absolute atomic E-state index is 12.5. The lowest BCUT2D eigenvalue weighted by Gasteiger charge is -2.19. The molecule has 0 spiro atoms. The number of aryl methyl sites for hydroxylation is 1. The van der Waals surface area contributed by atoms with E-state index in [2.05, 4.69) is 9.38 Å². The molecule has 2 unspecified atom stereocenters. The average molecular weight is 458 g/mol. The summed E-state index contributed by atoms with van der Waals surface area (Å²) in [5.74, 6) is 0. The second-order valence-corrected chi connectivity index (χ2v) is 10.7. The van der Waals surface area contributed by atoms with Crippen LogP contribution in [0.3, 0.4) is 0 Å². The molecule has 0 aromatic carbocycles. The molecule has 168 valence electrons. The predicted molar refractivity (Wildman–Crippen MR) is 121 cm³/mol. The van der Waals surface area contributed by atoms with Crippen molar-refractivity contribution in [3.8, 4) is 0 Å². The molecule has 9 heteroatoms. The molecule has 1 saturated heterocycles. The number of hydrogen-bond acceptors (Lipinski definition) is 5. The maximum atomic E-state index is 12.5. The Morgan fingerprint density at radius 1 is 1.43 bits per heavy atom. The second-order valence-electron chi connectivity index (χ2n) is 8.44. The van der Waals surface area contributed by atoms with Gasteiger partial charge in [0, 0.05) is 19.3 Å². The van der Waals surface area contributed by atoms with Gasteiger partial charge in [-0.25, -0.2) is 9.78 Å². The molecule has 1 fully saturated rings. The van der Waals surface area contributed by atoms with Gasteiger partial charge in [0.2, 0.25) is 0 Å². The van der Waals surface area contributed by atoms with Crippen LogP contribution in [0, 0.1) is 0 Å². The number of likely N-dealkylation sites (tertiary alicyclic amines) is 1. The molecule has 30 heavy (non-hydrogen) atoms. The van der Waals surface area contributed by atoms with Gasteiger partial charge in [-0.2, -0.15) is 0 Å². The summed E-state index contributed by atoms with van der Waals surface area (Å²) in [6.45, 7) is 7.31. The number of unbranched alkanes of at least 4 members (excludes halogenated alkanes) is 1. The minimum absolute atomic E-state index is 0.0182. The van der Waals surface area contributed by atoms with Crippen LogP contribution in [0.25, 0.3) is 0 Å². The highest BCUT2D eigenvalue weighted by atomic mass is 35.5. The number of carbonyl (C=O) groups is 1. The van der Waals surface area contributed by atoms with Crippen molar-refractivity contribution in [2.45, 2.75) is 70.1 Å². The van der Waals surface area contributed by atoms with Gasteiger partial charge in [-0.3, -0.25) is 0 Å². The van der Waals surface area contributed by atoms with E-state index in [0.29, 0.717) is 37.7 Å². The lowest BCUT2D eigenvalue weighted by Crippen LogP contribution is -2.28. The molecule has 1 aromatic rings. The quantitative estimate of drug-likeness (QED) is 0.241. The molecule has 1 aliphatic rings. The van der Waals surface area contributed by atoms with E-state index >= 15 is 0 Å². The Morgan fingerprint density at radius 3 is 2.83 bits per heavy atom. The van der Waals surface area contributed by atoms with Gasteiger partial charge < -0.3 is 19.3 Å². The largest absolute Gasteiger partial charge is 0.591 e. The lowest BCUT2D eigenvalue weighted by atomic mass is 10.0. The van der Waals surface area contributed by atoms with Crippen molar-refractivity contribution in [3.05, 3.63) is 29.0 Å². The van der Waals surface area contributed by atoms with Crippen LogP contribution in [0.2, 0.25) is 5.15 Å². The summed E-state index contributed by atoms with van der Waals surface area (Å²) >= 11 is 4.85. The SMILES string of the molecule is CC(C)(C)[S+]([O-])N=C(CCCCOC1CCN(C(=O)O)C1)CCc1cccnc1Cl. The highest BCUT2D eigenvalue weighted by Gasteiger charge is 2.27. The summed E-state index contributed by atoms with van der Waals surface area (Å²) in [5.41, 5.74) is 1.88. The van der Waals surface area contributed by atoms with Crippen LogP contribution in [0.5, 0.6) is 0 Å². The number of nitrogens with zero attached hydrogens (tertiary/aromatic N) is 3. The second kappa shape index (κ2) is 11.9. The van der Waals surface area contributed by atoms with Gasteiger partial charge in [0.15, 0.2) is 0 Å². The minimum Gasteiger partial charge on any atom is -0.591 e. The van der Waals surface area contributed by atoms with Crippen molar-refractivity contribution in [2.75, 3.05) is 19.7 Å². The average Bonchev–Trinajstić information content (AvgIpc) is 3.15. The third-order valence-electron chi connectivity index (χ3n) is 4.88. The summed E-state index contributed by atoms with van der Waals surface area (Å²) in [6.07, 6.45) is 5.35.